The van der Waals surface area contributed by atoms with Crippen molar-refractivity contribution < 1.29 is 5.11 Å². The molecule has 0 spiro atoms. The van der Waals surface area contributed by atoms with Gasteiger partial charge in [-0.15, -0.1) is 0 Å². The second-order valence-electron chi connectivity index (χ2n) is 25.8. The number of para-hydroxylation sites is 1. The standard InChI is InChI=1S/C76H74N4O/c1-73(2,3)54-39-40-66(60(44-54)52-33-23-16-24-34-52)80-67-38-26-37-59(70(67)79-72(80)61-45-55(74(4,5)6)46-62(71(61)81)76(10,11)12)63-47-56(75(7,8)9)48-65(78-63)69(64-43-53(41-42-77-64)49-27-17-13-18-28-49)68-57(50-29-19-14-20-30-50)35-25-36-58(68)51-31-21-15-22-32-51/h13-48,77,81H,1-12H3. The molecule has 1 aliphatic rings. The first-order chi connectivity index (χ1) is 38.6. The van der Waals surface area contributed by atoms with Crippen LogP contribution in [-0.4, -0.2) is 19.6 Å². The summed E-state index contributed by atoms with van der Waals surface area (Å²) in [5.74, 6) is 0.888. The Morgan fingerprint density at radius 3 is 1.51 bits per heavy atom. The maximum Gasteiger partial charge on any atom is 0.149 e. The van der Waals surface area contributed by atoms with Gasteiger partial charge in [0.2, 0.25) is 0 Å². The minimum Gasteiger partial charge on any atom is -0.507 e. The molecule has 0 aliphatic carbocycles. The first-order valence-electron chi connectivity index (χ1n) is 28.5. The molecule has 8 aromatic carbocycles. The number of imidazole rings is 1. The van der Waals surface area contributed by atoms with Crippen molar-refractivity contribution in [3.63, 3.8) is 0 Å². The van der Waals surface area contributed by atoms with Gasteiger partial charge in [-0.2, -0.15) is 0 Å². The van der Waals surface area contributed by atoms with Crippen LogP contribution >= 0.6 is 0 Å². The molecule has 5 nitrogen and oxygen atoms in total. The number of nitrogens with zero attached hydrogens (tertiary/aromatic N) is 3. The number of pyridine rings is 1. The number of aromatic nitrogens is 3. The van der Waals surface area contributed by atoms with Crippen molar-refractivity contribution in [1.29, 1.82) is 0 Å². The number of aromatic hydroxyl groups is 1. The molecule has 81 heavy (non-hydrogen) atoms. The maximum absolute atomic E-state index is 12.9. The highest BCUT2D eigenvalue weighted by atomic mass is 16.3. The second kappa shape index (κ2) is 21.0. The Kier molecular flexibility index (Phi) is 14.1. The van der Waals surface area contributed by atoms with E-state index >= 15 is 0 Å². The molecular weight excluding hydrogens is 985 g/mol. The van der Waals surface area contributed by atoms with Crippen molar-refractivity contribution in [1.82, 2.24) is 19.9 Å². The Labute approximate surface area is 480 Å². The summed E-state index contributed by atoms with van der Waals surface area (Å²) in [6, 6.07) is 71.6. The lowest BCUT2D eigenvalue weighted by molar-refractivity contribution is 0.446. The minimum atomic E-state index is -0.370. The fraction of sp³-hybridized carbons (Fsp3) is 0.211. The van der Waals surface area contributed by atoms with E-state index in [2.05, 4.69) is 312 Å². The first kappa shape index (κ1) is 54.2. The lowest BCUT2D eigenvalue weighted by Gasteiger charge is -2.28. The Morgan fingerprint density at radius 2 is 0.951 bits per heavy atom. The lowest BCUT2D eigenvalue weighted by atomic mass is 9.79. The van der Waals surface area contributed by atoms with Gasteiger partial charge in [0.05, 0.1) is 33.7 Å². The summed E-state index contributed by atoms with van der Waals surface area (Å²) in [6.45, 7) is 26.9. The van der Waals surface area contributed by atoms with Gasteiger partial charge in [0, 0.05) is 39.7 Å². The van der Waals surface area contributed by atoms with E-state index in [-0.39, 0.29) is 27.4 Å². The van der Waals surface area contributed by atoms with Crippen LogP contribution < -0.4 is 5.32 Å². The van der Waals surface area contributed by atoms with Gasteiger partial charge in [0.1, 0.15) is 11.6 Å². The van der Waals surface area contributed by atoms with Crippen LogP contribution in [0.15, 0.2) is 224 Å². The summed E-state index contributed by atoms with van der Waals surface area (Å²) < 4.78 is 2.29. The molecule has 1 aliphatic heterocycles. The predicted molar refractivity (Wildman–Crippen MR) is 342 cm³/mol. The van der Waals surface area contributed by atoms with Gasteiger partial charge in [-0.3, -0.25) is 4.57 Å². The van der Waals surface area contributed by atoms with Crippen LogP contribution in [0.3, 0.4) is 0 Å². The van der Waals surface area contributed by atoms with Gasteiger partial charge >= 0.3 is 0 Å². The molecule has 5 heteroatoms. The molecule has 0 saturated carbocycles. The highest BCUT2D eigenvalue weighted by Gasteiger charge is 2.31. The van der Waals surface area contributed by atoms with Gasteiger partial charge in [0.15, 0.2) is 0 Å². The molecule has 0 radical (unpaired) electrons. The van der Waals surface area contributed by atoms with E-state index in [1.807, 2.05) is 0 Å². The highest BCUT2D eigenvalue weighted by molar-refractivity contribution is 6.01. The van der Waals surface area contributed by atoms with E-state index in [1.165, 1.54) is 5.56 Å². The lowest BCUT2D eigenvalue weighted by Crippen LogP contribution is -2.17. The van der Waals surface area contributed by atoms with E-state index in [1.54, 1.807) is 0 Å². The summed E-state index contributed by atoms with van der Waals surface area (Å²) in [5.41, 5.74) is 20.9. The number of fused-ring (bicyclic) bond motifs is 1. The molecule has 0 fully saturated rings. The van der Waals surface area contributed by atoms with Gasteiger partial charge in [-0.05, 0) is 126 Å². The average Bonchev–Trinajstić information content (AvgIpc) is 4.06. The zero-order valence-electron chi connectivity index (χ0n) is 49.1. The monoisotopic (exact) mass is 1060 g/mol. The summed E-state index contributed by atoms with van der Waals surface area (Å²) in [6.07, 6.45) is 6.48. The molecule has 11 rings (SSSR count). The molecule has 3 heterocycles. The molecule has 2 N–H and O–H groups in total. The van der Waals surface area contributed by atoms with Crippen LogP contribution in [0.5, 0.6) is 5.75 Å². The molecule has 10 aromatic rings. The van der Waals surface area contributed by atoms with Crippen LogP contribution in [0, 0.1) is 0 Å². The Balaban J connectivity index is 1.26. The van der Waals surface area contributed by atoms with E-state index in [4.69, 9.17) is 9.97 Å². The van der Waals surface area contributed by atoms with Crippen LogP contribution in [0.25, 0.3) is 83.9 Å². The number of nitrogens with one attached hydrogen (secondary N) is 1. The first-order valence-corrected chi connectivity index (χ1v) is 28.5. The smallest absolute Gasteiger partial charge is 0.149 e. The van der Waals surface area contributed by atoms with Crippen LogP contribution in [0.2, 0.25) is 0 Å². The van der Waals surface area contributed by atoms with E-state index in [0.29, 0.717) is 11.4 Å². The molecule has 0 atom stereocenters. The molecule has 0 unspecified atom stereocenters. The minimum absolute atomic E-state index is 0.114. The van der Waals surface area contributed by atoms with Crippen molar-refractivity contribution in [2.75, 3.05) is 0 Å². The van der Waals surface area contributed by atoms with Crippen molar-refractivity contribution >= 4 is 22.2 Å². The van der Waals surface area contributed by atoms with Crippen LogP contribution in [-0.2, 0) is 21.7 Å². The average molecular weight is 1060 g/mol. The van der Waals surface area contributed by atoms with Gasteiger partial charge in [-0.25, -0.2) is 9.97 Å². The quantitative estimate of drug-likeness (QED) is 0.151. The van der Waals surface area contributed by atoms with Crippen molar-refractivity contribution in [3.05, 3.63) is 263 Å². The van der Waals surface area contributed by atoms with Gasteiger partial charge in [0.25, 0.3) is 0 Å². The number of allylic oxidation sites excluding steroid dienone is 3. The third-order valence-electron chi connectivity index (χ3n) is 15.8. The molecule has 0 bridgehead atoms. The van der Waals surface area contributed by atoms with Crippen LogP contribution in [0.4, 0.5) is 0 Å². The zero-order valence-corrected chi connectivity index (χ0v) is 49.1. The number of hydrogen-bond donors (Lipinski definition) is 2. The zero-order chi connectivity index (χ0) is 57.0. The normalized spacial score (nSPS) is 13.8. The van der Waals surface area contributed by atoms with Crippen LogP contribution in [0.1, 0.15) is 122 Å². The SMILES string of the molecule is CC(C)(C)c1cc(C(=C2C=C(c3ccccc3)C=CN2)c2c(-c3ccccc3)cccc2-c2ccccc2)nc(-c2cccc3c2nc(-c2cc(C(C)(C)C)cc(C(C)(C)C)c2O)n3-c2ccc(C(C)(C)C)cc2-c2ccccc2)c1. The Hall–Kier alpha value is -8.80. The number of phenolic OH excluding ortho intramolecular Hbond substituents is 1. The Morgan fingerprint density at radius 1 is 0.444 bits per heavy atom. The fourth-order valence-electron chi connectivity index (χ4n) is 11.2. The molecule has 2 aromatic heterocycles. The number of dihydropyridines is 1. The van der Waals surface area contributed by atoms with Gasteiger partial charge in [-0.1, -0.05) is 247 Å². The number of benzene rings is 8. The van der Waals surface area contributed by atoms with E-state index in [9.17, 15) is 5.11 Å². The number of rotatable bonds is 9. The highest BCUT2D eigenvalue weighted by Crippen LogP contribution is 2.48. The van der Waals surface area contributed by atoms with E-state index in [0.717, 1.165) is 112 Å². The third kappa shape index (κ3) is 10.7. The topological polar surface area (TPSA) is 63.0 Å². The largest absolute Gasteiger partial charge is 0.507 e. The Bertz CT molecular complexity index is 4020. The number of hydrogen-bond acceptors (Lipinski definition) is 4. The second-order valence-corrected chi connectivity index (χ2v) is 25.8. The van der Waals surface area contributed by atoms with E-state index < -0.39 is 0 Å². The molecule has 404 valence electrons. The predicted octanol–water partition coefficient (Wildman–Crippen LogP) is 19.6. The summed E-state index contributed by atoms with van der Waals surface area (Å²) in [4.78, 5) is 11.8. The molecule has 0 amide bonds. The number of phenols is 1. The van der Waals surface area contributed by atoms with Crippen molar-refractivity contribution in [2.24, 2.45) is 0 Å². The summed E-state index contributed by atoms with van der Waals surface area (Å²) in [5, 5.41) is 16.6. The summed E-state index contributed by atoms with van der Waals surface area (Å²) >= 11 is 0. The third-order valence-corrected chi connectivity index (χ3v) is 15.8. The summed E-state index contributed by atoms with van der Waals surface area (Å²) in [7, 11) is 0. The van der Waals surface area contributed by atoms with Gasteiger partial charge < -0.3 is 10.4 Å². The fourth-order valence-corrected chi connectivity index (χ4v) is 11.2. The van der Waals surface area contributed by atoms with Crippen molar-refractivity contribution in [3.8, 4) is 67.5 Å². The molecular formula is C76H74N4O. The van der Waals surface area contributed by atoms with Crippen molar-refractivity contribution in [2.45, 2.75) is 105 Å². The molecule has 0 saturated heterocycles. The maximum atomic E-state index is 12.9.